The predicted molar refractivity (Wildman–Crippen MR) is 81.6 cm³/mol. The Kier molecular flexibility index (Phi) is 5.40. The smallest absolute Gasteiger partial charge is 0.255 e. The van der Waals surface area contributed by atoms with Crippen molar-refractivity contribution in [3.63, 3.8) is 0 Å². The molecule has 1 unspecified atom stereocenters. The first-order chi connectivity index (χ1) is 9.94. The molecular formula is C13H22N4O3Si. The van der Waals surface area contributed by atoms with Crippen molar-refractivity contribution >= 4 is 20.8 Å². The van der Waals surface area contributed by atoms with E-state index in [4.69, 9.17) is 4.43 Å². The number of rotatable bonds is 6. The first-order valence-electron chi connectivity index (χ1n) is 7.09. The summed E-state index contributed by atoms with van der Waals surface area (Å²) in [5.74, 6) is -0.115. The molecule has 7 nitrogen and oxygen atoms in total. The van der Waals surface area contributed by atoms with Gasteiger partial charge in [0.25, 0.3) is 5.91 Å². The highest BCUT2D eigenvalue weighted by Gasteiger charge is 2.31. The highest BCUT2D eigenvalue weighted by molar-refractivity contribution is 6.48. The number of anilines is 1. The van der Waals surface area contributed by atoms with E-state index in [1.54, 1.807) is 6.20 Å². The third-order valence-electron chi connectivity index (χ3n) is 3.15. The van der Waals surface area contributed by atoms with E-state index in [9.17, 15) is 9.90 Å². The molecule has 1 aromatic rings. The zero-order chi connectivity index (χ0) is 15.4. The summed E-state index contributed by atoms with van der Waals surface area (Å²) >= 11 is 0. The van der Waals surface area contributed by atoms with Gasteiger partial charge < -0.3 is 14.8 Å². The molecule has 1 aliphatic heterocycles. The number of amides is 1. The van der Waals surface area contributed by atoms with Crippen molar-refractivity contribution in [3.05, 3.63) is 18.1 Å². The van der Waals surface area contributed by atoms with Crippen LogP contribution in [0.3, 0.4) is 0 Å². The number of likely N-dealkylation sites (tertiary alicyclic amines) is 1. The Morgan fingerprint density at radius 2 is 2.24 bits per heavy atom. The predicted octanol–water partition coefficient (Wildman–Crippen LogP) is -0.231. The van der Waals surface area contributed by atoms with Crippen LogP contribution in [0.4, 0.5) is 5.82 Å². The van der Waals surface area contributed by atoms with Crippen molar-refractivity contribution in [1.82, 2.24) is 14.9 Å². The number of aliphatic hydroxyl groups is 1. The third-order valence-corrected chi connectivity index (χ3v) is 4.08. The van der Waals surface area contributed by atoms with Crippen LogP contribution in [0.2, 0.25) is 13.1 Å². The highest BCUT2D eigenvalue weighted by Crippen LogP contribution is 2.13. The highest BCUT2D eigenvalue weighted by atomic mass is 28.3. The van der Waals surface area contributed by atoms with Gasteiger partial charge in [0.2, 0.25) is 0 Å². The van der Waals surface area contributed by atoms with Crippen molar-refractivity contribution in [2.75, 3.05) is 25.0 Å². The van der Waals surface area contributed by atoms with Crippen LogP contribution >= 0.6 is 0 Å². The Hall–Kier alpha value is -1.35. The van der Waals surface area contributed by atoms with Crippen LogP contribution in [0.5, 0.6) is 0 Å². The Bertz CT molecular complexity index is 477. The number of carbonyl (C=O) groups excluding carboxylic acids is 1. The first-order valence-corrected chi connectivity index (χ1v) is 9.87. The van der Waals surface area contributed by atoms with Crippen LogP contribution in [0, 0.1) is 6.92 Å². The Morgan fingerprint density at radius 3 is 2.81 bits per heavy atom. The van der Waals surface area contributed by atoms with E-state index >= 15 is 0 Å². The van der Waals surface area contributed by atoms with E-state index in [0.29, 0.717) is 12.4 Å². The van der Waals surface area contributed by atoms with E-state index in [1.165, 1.54) is 6.20 Å². The molecule has 116 valence electrons. The Balaban J connectivity index is 1.72. The first kappa shape index (κ1) is 16.0. The van der Waals surface area contributed by atoms with Gasteiger partial charge in [0, 0.05) is 19.6 Å². The fourth-order valence-electron chi connectivity index (χ4n) is 2.14. The summed E-state index contributed by atoms with van der Waals surface area (Å²) < 4.78 is 5.76. The molecule has 1 fully saturated rings. The molecular weight excluding hydrogens is 288 g/mol. The molecule has 8 heteroatoms. The summed E-state index contributed by atoms with van der Waals surface area (Å²) in [6.45, 7) is 7.95. The van der Waals surface area contributed by atoms with Gasteiger partial charge in [0.05, 0.1) is 24.2 Å². The van der Waals surface area contributed by atoms with Crippen molar-refractivity contribution < 1.29 is 14.3 Å². The molecule has 1 saturated heterocycles. The van der Waals surface area contributed by atoms with E-state index < -0.39 is 21.1 Å². The van der Waals surface area contributed by atoms with Crippen molar-refractivity contribution in [2.24, 2.45) is 0 Å². The summed E-state index contributed by atoms with van der Waals surface area (Å²) in [6.07, 6.45) is 2.22. The lowest BCUT2D eigenvalue weighted by Gasteiger charge is -2.40. The Morgan fingerprint density at radius 1 is 1.52 bits per heavy atom. The maximum Gasteiger partial charge on any atom is 0.255 e. The minimum atomic E-state index is -1.08. The van der Waals surface area contributed by atoms with Gasteiger partial charge in [-0.15, -0.1) is 0 Å². The lowest BCUT2D eigenvalue weighted by atomic mass is 10.1. The van der Waals surface area contributed by atoms with E-state index in [-0.39, 0.29) is 6.10 Å². The molecule has 21 heavy (non-hydrogen) atoms. The molecule has 0 aromatic carbocycles. The van der Waals surface area contributed by atoms with Crippen molar-refractivity contribution in [3.8, 4) is 0 Å². The monoisotopic (exact) mass is 310 g/mol. The fourth-order valence-corrected chi connectivity index (χ4v) is 3.08. The summed E-state index contributed by atoms with van der Waals surface area (Å²) in [4.78, 5) is 21.9. The second kappa shape index (κ2) is 7.08. The number of nitrogens with zero attached hydrogens (tertiary/aromatic N) is 3. The number of hydrogen-bond donors (Lipinski definition) is 2. The number of nitrogens with one attached hydrogen (secondary N) is 1. The molecule has 1 amide bonds. The zero-order valence-electron chi connectivity index (χ0n) is 12.6. The molecule has 1 aliphatic rings. The van der Waals surface area contributed by atoms with Crippen LogP contribution in [0.1, 0.15) is 5.69 Å². The normalized spacial score (nSPS) is 17.6. The SMILES string of the molecule is Cc1cnc(NC(=O)C(O)CN2CC(O[SiH](C)C)C2)cn1. The van der Waals surface area contributed by atoms with Crippen molar-refractivity contribution in [2.45, 2.75) is 32.2 Å². The molecule has 0 aliphatic carbocycles. The molecule has 2 heterocycles. The quantitative estimate of drug-likeness (QED) is 0.706. The van der Waals surface area contributed by atoms with Gasteiger partial charge in [-0.25, -0.2) is 4.98 Å². The number of hydrogen-bond acceptors (Lipinski definition) is 6. The zero-order valence-corrected chi connectivity index (χ0v) is 13.8. The minimum absolute atomic E-state index is 0.259. The molecule has 2 rings (SSSR count). The second-order valence-corrected chi connectivity index (χ2v) is 7.94. The molecule has 1 aromatic heterocycles. The van der Waals surface area contributed by atoms with Gasteiger partial charge in [-0.3, -0.25) is 14.7 Å². The minimum Gasteiger partial charge on any atom is -0.415 e. The molecule has 0 saturated carbocycles. The van der Waals surface area contributed by atoms with E-state index in [2.05, 4.69) is 28.4 Å². The summed E-state index contributed by atoms with van der Waals surface area (Å²) in [7, 11) is -1.01. The lowest BCUT2D eigenvalue weighted by Crippen LogP contribution is -2.56. The van der Waals surface area contributed by atoms with Gasteiger partial charge in [0.15, 0.2) is 14.9 Å². The van der Waals surface area contributed by atoms with Gasteiger partial charge in [-0.1, -0.05) is 0 Å². The number of β-amino-alcohol motifs (C(OH)–C–C–N with tert-alkyl or cyclic N) is 1. The van der Waals surface area contributed by atoms with Gasteiger partial charge in [0.1, 0.15) is 6.10 Å². The molecule has 1 atom stereocenters. The summed E-state index contributed by atoms with van der Waals surface area (Å²) in [6, 6.07) is 0. The maximum atomic E-state index is 11.9. The van der Waals surface area contributed by atoms with Gasteiger partial charge in [-0.05, 0) is 20.0 Å². The van der Waals surface area contributed by atoms with E-state index in [1.807, 2.05) is 11.8 Å². The van der Waals surface area contributed by atoms with Crippen LogP contribution in [-0.2, 0) is 9.22 Å². The van der Waals surface area contributed by atoms with Crippen LogP contribution < -0.4 is 5.32 Å². The molecule has 0 radical (unpaired) electrons. The fraction of sp³-hybridized carbons (Fsp3) is 0.615. The largest absolute Gasteiger partial charge is 0.415 e. The number of aliphatic hydroxyl groups excluding tert-OH is 1. The maximum absolute atomic E-state index is 11.9. The molecule has 0 bridgehead atoms. The molecule has 0 spiro atoms. The average molecular weight is 310 g/mol. The van der Waals surface area contributed by atoms with Gasteiger partial charge in [-0.2, -0.15) is 0 Å². The summed E-state index contributed by atoms with van der Waals surface area (Å²) in [5.41, 5.74) is 0.772. The second-order valence-electron chi connectivity index (χ2n) is 5.57. The van der Waals surface area contributed by atoms with Crippen LogP contribution in [-0.4, -0.2) is 66.8 Å². The van der Waals surface area contributed by atoms with Crippen LogP contribution in [0.25, 0.3) is 0 Å². The molecule has 2 N–H and O–H groups in total. The summed E-state index contributed by atoms with van der Waals surface area (Å²) in [5, 5.41) is 12.5. The number of carbonyl (C=O) groups is 1. The van der Waals surface area contributed by atoms with Crippen LogP contribution in [0.15, 0.2) is 12.4 Å². The van der Waals surface area contributed by atoms with Gasteiger partial charge >= 0.3 is 0 Å². The van der Waals surface area contributed by atoms with Crippen molar-refractivity contribution in [1.29, 1.82) is 0 Å². The van der Waals surface area contributed by atoms with E-state index in [0.717, 1.165) is 18.8 Å². The topological polar surface area (TPSA) is 87.6 Å². The Labute approximate surface area is 126 Å². The number of aromatic nitrogens is 2. The third kappa shape index (κ3) is 4.85. The average Bonchev–Trinajstić information content (AvgIpc) is 2.38. The lowest BCUT2D eigenvalue weighted by molar-refractivity contribution is -0.126. The number of aryl methyl sites for hydroxylation is 1. The standard InChI is InChI=1S/C13H22N4O3Si/c1-9-4-15-12(5-14-9)16-13(19)11(18)8-17-6-10(7-17)20-21(2)3/h4-5,10-11,18,21H,6-8H2,1-3H3,(H,15,16,19).